The highest BCUT2D eigenvalue weighted by atomic mass is 16.5. The summed E-state index contributed by atoms with van der Waals surface area (Å²) in [6.45, 7) is 6.94. The van der Waals surface area contributed by atoms with Crippen LogP contribution < -0.4 is 0 Å². The predicted octanol–water partition coefficient (Wildman–Crippen LogP) is 2.49. The molecule has 1 aromatic heterocycles. The maximum Gasteiger partial charge on any atom is 0.222 e. The summed E-state index contributed by atoms with van der Waals surface area (Å²) in [7, 11) is 1.79. The number of likely N-dealkylation sites (tertiary alicyclic amines) is 2. The van der Waals surface area contributed by atoms with Gasteiger partial charge in [0.1, 0.15) is 0 Å². The second kappa shape index (κ2) is 7.62. The van der Waals surface area contributed by atoms with Gasteiger partial charge >= 0.3 is 0 Å². The summed E-state index contributed by atoms with van der Waals surface area (Å²) in [5.74, 6) is 0.744. The Morgan fingerprint density at radius 2 is 2.12 bits per heavy atom. The monoisotopic (exact) mass is 331 g/mol. The van der Waals surface area contributed by atoms with Crippen molar-refractivity contribution in [2.45, 2.75) is 51.3 Å². The molecule has 1 aromatic rings. The molecule has 3 rings (SSSR count). The van der Waals surface area contributed by atoms with Crippen LogP contribution in [0.2, 0.25) is 0 Å². The van der Waals surface area contributed by atoms with Crippen LogP contribution in [0.3, 0.4) is 0 Å². The van der Waals surface area contributed by atoms with Crippen LogP contribution in [0.15, 0.2) is 24.5 Å². The second-order valence-corrected chi connectivity index (χ2v) is 7.41. The third-order valence-corrected chi connectivity index (χ3v) is 5.30. The number of pyridine rings is 1. The summed E-state index contributed by atoms with van der Waals surface area (Å²) in [4.78, 5) is 21.1. The lowest BCUT2D eigenvalue weighted by Crippen LogP contribution is -2.60. The number of piperidine rings is 1. The number of hydrogen-bond acceptors (Lipinski definition) is 4. The van der Waals surface area contributed by atoms with E-state index in [0.29, 0.717) is 30.3 Å². The van der Waals surface area contributed by atoms with E-state index >= 15 is 0 Å². The smallest absolute Gasteiger partial charge is 0.222 e. The Kier molecular flexibility index (Phi) is 5.51. The van der Waals surface area contributed by atoms with Crippen molar-refractivity contribution >= 4 is 5.91 Å². The summed E-state index contributed by atoms with van der Waals surface area (Å²) in [5.41, 5.74) is 1.23. The molecule has 2 atom stereocenters. The topological polar surface area (TPSA) is 45.7 Å². The van der Waals surface area contributed by atoms with Crippen LogP contribution in [-0.2, 0) is 9.53 Å². The minimum absolute atomic E-state index is 0.245. The van der Waals surface area contributed by atoms with Gasteiger partial charge in [0.15, 0.2) is 0 Å². The van der Waals surface area contributed by atoms with Crippen molar-refractivity contribution in [1.29, 1.82) is 0 Å². The van der Waals surface area contributed by atoms with Crippen LogP contribution in [0, 0.1) is 5.92 Å². The number of amides is 1. The average molecular weight is 331 g/mol. The van der Waals surface area contributed by atoms with Crippen LogP contribution in [0.1, 0.15) is 44.7 Å². The number of methoxy groups -OCH3 is 1. The number of carbonyl (C=O) groups excluding carboxylic acids is 1. The summed E-state index contributed by atoms with van der Waals surface area (Å²) >= 11 is 0. The maximum atomic E-state index is 12.2. The van der Waals surface area contributed by atoms with Crippen LogP contribution in [0.5, 0.6) is 0 Å². The lowest BCUT2D eigenvalue weighted by atomic mass is 9.87. The molecule has 1 amide bonds. The van der Waals surface area contributed by atoms with Crippen molar-refractivity contribution in [3.63, 3.8) is 0 Å². The van der Waals surface area contributed by atoms with Crippen LogP contribution >= 0.6 is 0 Å². The lowest BCUT2D eigenvalue weighted by molar-refractivity contribution is -0.138. The van der Waals surface area contributed by atoms with Crippen LogP contribution in [-0.4, -0.2) is 59.6 Å². The highest BCUT2D eigenvalue weighted by Gasteiger charge is 2.44. The fourth-order valence-corrected chi connectivity index (χ4v) is 3.96. The molecule has 2 saturated heterocycles. The van der Waals surface area contributed by atoms with Gasteiger partial charge in [-0.25, -0.2) is 0 Å². The molecule has 0 aromatic carbocycles. The number of aromatic nitrogens is 1. The zero-order valence-electron chi connectivity index (χ0n) is 15.0. The maximum absolute atomic E-state index is 12.2. The van der Waals surface area contributed by atoms with Gasteiger partial charge in [-0.1, -0.05) is 19.9 Å². The van der Waals surface area contributed by atoms with E-state index in [4.69, 9.17) is 4.74 Å². The normalized spacial score (nSPS) is 25.8. The quantitative estimate of drug-likeness (QED) is 0.832. The Bertz CT molecular complexity index is 541. The molecule has 0 saturated carbocycles. The Balaban J connectivity index is 1.59. The zero-order chi connectivity index (χ0) is 17.1. The first-order chi connectivity index (χ1) is 11.6. The van der Waals surface area contributed by atoms with Gasteiger partial charge in [-0.15, -0.1) is 0 Å². The molecule has 2 fully saturated rings. The molecular weight excluding hydrogens is 302 g/mol. The third-order valence-electron chi connectivity index (χ3n) is 5.30. The fourth-order valence-electron chi connectivity index (χ4n) is 3.96. The molecule has 0 spiro atoms. The Morgan fingerprint density at radius 1 is 1.38 bits per heavy atom. The van der Waals surface area contributed by atoms with E-state index in [1.165, 1.54) is 5.56 Å². The van der Waals surface area contributed by atoms with E-state index in [0.717, 1.165) is 32.5 Å². The minimum atomic E-state index is 0.245. The van der Waals surface area contributed by atoms with Crippen molar-refractivity contribution in [2.24, 2.45) is 5.92 Å². The van der Waals surface area contributed by atoms with E-state index < -0.39 is 0 Å². The van der Waals surface area contributed by atoms with Gasteiger partial charge in [-0.05, 0) is 30.4 Å². The van der Waals surface area contributed by atoms with Gasteiger partial charge in [0.05, 0.1) is 12.1 Å². The van der Waals surface area contributed by atoms with Crippen molar-refractivity contribution in [1.82, 2.24) is 14.8 Å². The van der Waals surface area contributed by atoms with Crippen molar-refractivity contribution in [3.8, 4) is 0 Å². The van der Waals surface area contributed by atoms with E-state index in [1.54, 1.807) is 7.11 Å². The van der Waals surface area contributed by atoms with E-state index in [1.807, 2.05) is 23.4 Å². The zero-order valence-corrected chi connectivity index (χ0v) is 15.0. The number of hydrogen-bond donors (Lipinski definition) is 0. The molecule has 0 unspecified atom stereocenters. The lowest BCUT2D eigenvalue weighted by Gasteiger charge is -2.53. The van der Waals surface area contributed by atoms with Crippen molar-refractivity contribution < 1.29 is 9.53 Å². The van der Waals surface area contributed by atoms with Gasteiger partial charge in [-0.2, -0.15) is 0 Å². The standard InChI is InChI=1S/C19H29N3O2/c1-14(2)11-18(23)21-9-6-16(7-10-21)22-13-17(24-3)19(22)15-5-4-8-20-12-15/h4-5,8,12,14,16-17,19H,6-7,9-11,13H2,1-3H3/t17-,19-/m0/s1. The van der Waals surface area contributed by atoms with Crippen molar-refractivity contribution in [2.75, 3.05) is 26.7 Å². The third kappa shape index (κ3) is 3.62. The van der Waals surface area contributed by atoms with E-state index in [2.05, 4.69) is 29.8 Å². The van der Waals surface area contributed by atoms with Crippen LogP contribution in [0.4, 0.5) is 0 Å². The highest BCUT2D eigenvalue weighted by Crippen LogP contribution is 2.39. The van der Waals surface area contributed by atoms with Gasteiger partial charge in [0, 0.05) is 51.6 Å². The minimum Gasteiger partial charge on any atom is -0.378 e. The molecule has 5 nitrogen and oxygen atoms in total. The summed E-state index contributed by atoms with van der Waals surface area (Å²) in [5, 5.41) is 0. The molecule has 2 aliphatic heterocycles. The molecule has 0 N–H and O–H groups in total. The molecule has 132 valence electrons. The number of carbonyl (C=O) groups is 1. The Labute approximate surface area is 145 Å². The second-order valence-electron chi connectivity index (χ2n) is 7.41. The van der Waals surface area contributed by atoms with Crippen molar-refractivity contribution in [3.05, 3.63) is 30.1 Å². The van der Waals surface area contributed by atoms with Gasteiger partial charge in [0.2, 0.25) is 5.91 Å². The molecule has 0 radical (unpaired) electrons. The molecule has 5 heteroatoms. The van der Waals surface area contributed by atoms with E-state index in [-0.39, 0.29) is 6.10 Å². The van der Waals surface area contributed by atoms with Gasteiger partial charge in [0.25, 0.3) is 0 Å². The highest BCUT2D eigenvalue weighted by molar-refractivity contribution is 5.76. The molecule has 3 heterocycles. The molecule has 2 aliphatic rings. The fraction of sp³-hybridized carbons (Fsp3) is 0.684. The van der Waals surface area contributed by atoms with Gasteiger partial charge < -0.3 is 9.64 Å². The average Bonchev–Trinajstić information content (AvgIpc) is 2.55. The summed E-state index contributed by atoms with van der Waals surface area (Å²) in [6, 6.07) is 4.96. The number of nitrogens with zero attached hydrogens (tertiary/aromatic N) is 3. The molecular formula is C19H29N3O2. The largest absolute Gasteiger partial charge is 0.378 e. The first-order valence-electron chi connectivity index (χ1n) is 9.06. The SMILES string of the molecule is CO[C@H]1CN(C2CCN(C(=O)CC(C)C)CC2)[C@H]1c1cccnc1. The van der Waals surface area contributed by atoms with Gasteiger partial charge in [-0.3, -0.25) is 14.7 Å². The summed E-state index contributed by atoms with van der Waals surface area (Å²) in [6.07, 6.45) is 6.78. The molecule has 0 bridgehead atoms. The Hall–Kier alpha value is -1.46. The summed E-state index contributed by atoms with van der Waals surface area (Å²) < 4.78 is 5.64. The first kappa shape index (κ1) is 17.4. The Morgan fingerprint density at radius 3 is 2.71 bits per heavy atom. The predicted molar refractivity (Wildman–Crippen MR) is 93.5 cm³/mol. The number of rotatable bonds is 5. The molecule has 24 heavy (non-hydrogen) atoms. The molecule has 0 aliphatic carbocycles. The number of ether oxygens (including phenoxy) is 1. The van der Waals surface area contributed by atoms with E-state index in [9.17, 15) is 4.79 Å². The first-order valence-corrected chi connectivity index (χ1v) is 9.06. The van der Waals surface area contributed by atoms with Crippen LogP contribution in [0.25, 0.3) is 0 Å².